The number of alkyl halides is 3. The van der Waals surface area contributed by atoms with Gasteiger partial charge in [0.05, 0.1) is 23.9 Å². The van der Waals surface area contributed by atoms with Gasteiger partial charge in [-0.25, -0.2) is 9.78 Å². The van der Waals surface area contributed by atoms with Crippen LogP contribution in [0.4, 0.5) is 18.9 Å². The molecule has 0 amide bonds. The predicted molar refractivity (Wildman–Crippen MR) is 87.9 cm³/mol. The fourth-order valence-corrected chi connectivity index (χ4v) is 2.56. The summed E-state index contributed by atoms with van der Waals surface area (Å²) >= 11 is 0. The maximum Gasteiger partial charge on any atom is 0.416 e. The highest BCUT2D eigenvalue weighted by atomic mass is 19.4. The third kappa shape index (κ3) is 3.13. The number of ether oxygens (including phenoxy) is 1. The molecule has 4 nitrogen and oxygen atoms in total. The molecule has 0 spiro atoms. The van der Waals surface area contributed by atoms with Crippen LogP contribution in [0.15, 0.2) is 48.5 Å². The number of methoxy groups -OCH3 is 1. The zero-order chi connectivity index (χ0) is 18.2. The van der Waals surface area contributed by atoms with Gasteiger partial charge in [-0.15, -0.1) is 0 Å². The number of pyridine rings is 1. The van der Waals surface area contributed by atoms with Crippen molar-refractivity contribution in [3.63, 3.8) is 0 Å². The first-order valence-electron chi connectivity index (χ1n) is 7.26. The minimum atomic E-state index is -4.42. The van der Waals surface area contributed by atoms with E-state index in [1.165, 1.54) is 25.3 Å². The predicted octanol–water partition coefficient (Wildman–Crippen LogP) is 4.29. The molecular formula is C18H13F3N2O2. The van der Waals surface area contributed by atoms with Gasteiger partial charge < -0.3 is 10.5 Å². The molecule has 0 fully saturated rings. The molecule has 0 aliphatic carbocycles. The average Bonchev–Trinajstić information content (AvgIpc) is 2.60. The van der Waals surface area contributed by atoms with Crippen molar-refractivity contribution in [2.45, 2.75) is 6.18 Å². The first kappa shape index (κ1) is 16.8. The molecule has 0 radical (unpaired) electrons. The van der Waals surface area contributed by atoms with Gasteiger partial charge in [0, 0.05) is 5.39 Å². The highest BCUT2D eigenvalue weighted by Crippen LogP contribution is 2.34. The lowest BCUT2D eigenvalue weighted by molar-refractivity contribution is -0.137. The Morgan fingerprint density at radius 2 is 1.80 bits per heavy atom. The molecule has 0 bridgehead atoms. The van der Waals surface area contributed by atoms with Crippen molar-refractivity contribution in [3.05, 3.63) is 59.8 Å². The molecule has 3 aromatic rings. The summed E-state index contributed by atoms with van der Waals surface area (Å²) < 4.78 is 43.0. The molecule has 7 heteroatoms. The van der Waals surface area contributed by atoms with E-state index in [-0.39, 0.29) is 5.69 Å². The largest absolute Gasteiger partial charge is 0.464 e. The van der Waals surface area contributed by atoms with E-state index in [4.69, 9.17) is 5.73 Å². The van der Waals surface area contributed by atoms with Crippen LogP contribution in [-0.4, -0.2) is 18.1 Å². The van der Waals surface area contributed by atoms with Crippen LogP contribution < -0.4 is 5.73 Å². The van der Waals surface area contributed by atoms with Gasteiger partial charge in [-0.1, -0.05) is 24.3 Å². The molecule has 25 heavy (non-hydrogen) atoms. The van der Waals surface area contributed by atoms with Crippen LogP contribution in [-0.2, 0) is 10.9 Å². The van der Waals surface area contributed by atoms with Gasteiger partial charge in [0.2, 0.25) is 0 Å². The number of hydrogen-bond donors (Lipinski definition) is 1. The molecule has 2 aromatic carbocycles. The highest BCUT2D eigenvalue weighted by molar-refractivity contribution is 6.03. The quantitative estimate of drug-likeness (QED) is 0.555. The van der Waals surface area contributed by atoms with E-state index in [9.17, 15) is 18.0 Å². The number of nitrogens with zero attached hydrogens (tertiary/aromatic N) is 1. The van der Waals surface area contributed by atoms with Gasteiger partial charge in [0.1, 0.15) is 5.69 Å². The van der Waals surface area contributed by atoms with Gasteiger partial charge in [-0.3, -0.25) is 0 Å². The Kier molecular flexibility index (Phi) is 4.08. The van der Waals surface area contributed by atoms with Crippen LogP contribution in [0.25, 0.3) is 22.0 Å². The van der Waals surface area contributed by atoms with E-state index in [0.717, 1.165) is 12.1 Å². The number of rotatable bonds is 2. The number of para-hydroxylation sites is 1. The van der Waals surface area contributed by atoms with Crippen LogP contribution in [0, 0.1) is 0 Å². The molecular weight excluding hydrogens is 333 g/mol. The Morgan fingerprint density at radius 3 is 2.40 bits per heavy atom. The van der Waals surface area contributed by atoms with Crippen molar-refractivity contribution in [1.29, 1.82) is 0 Å². The fraction of sp³-hybridized carbons (Fsp3) is 0.111. The van der Waals surface area contributed by atoms with Crippen molar-refractivity contribution in [3.8, 4) is 11.1 Å². The number of benzene rings is 2. The summed E-state index contributed by atoms with van der Waals surface area (Å²) in [7, 11) is 1.22. The number of esters is 1. The Labute approximate surface area is 141 Å². The molecule has 0 aliphatic heterocycles. The number of carbonyl (C=O) groups excluding carboxylic acids is 1. The van der Waals surface area contributed by atoms with Crippen molar-refractivity contribution < 1.29 is 22.7 Å². The van der Waals surface area contributed by atoms with Crippen molar-refractivity contribution in [1.82, 2.24) is 4.98 Å². The van der Waals surface area contributed by atoms with E-state index in [1.54, 1.807) is 18.2 Å². The lowest BCUT2D eigenvalue weighted by atomic mass is 9.98. The van der Waals surface area contributed by atoms with Gasteiger partial charge in [0.15, 0.2) is 0 Å². The first-order valence-corrected chi connectivity index (χ1v) is 7.26. The van der Waals surface area contributed by atoms with Gasteiger partial charge >= 0.3 is 12.1 Å². The average molecular weight is 346 g/mol. The van der Waals surface area contributed by atoms with Crippen LogP contribution >= 0.6 is 0 Å². The second-order valence-corrected chi connectivity index (χ2v) is 5.37. The molecule has 0 aliphatic rings. The van der Waals surface area contributed by atoms with E-state index in [0.29, 0.717) is 27.7 Å². The van der Waals surface area contributed by atoms with Crippen LogP contribution in [0.5, 0.6) is 0 Å². The van der Waals surface area contributed by atoms with Gasteiger partial charge in [-0.2, -0.15) is 13.2 Å². The maximum absolute atomic E-state index is 12.8. The van der Waals surface area contributed by atoms with E-state index >= 15 is 0 Å². The smallest absolute Gasteiger partial charge is 0.416 e. The molecule has 3 rings (SSSR count). The second kappa shape index (κ2) is 6.08. The monoisotopic (exact) mass is 346 g/mol. The van der Waals surface area contributed by atoms with E-state index in [1.807, 2.05) is 0 Å². The normalized spacial score (nSPS) is 11.5. The van der Waals surface area contributed by atoms with Crippen LogP contribution in [0.1, 0.15) is 16.1 Å². The summed E-state index contributed by atoms with van der Waals surface area (Å²) in [5, 5.41) is 0.632. The summed E-state index contributed by atoms with van der Waals surface area (Å²) in [5.41, 5.74) is 7.02. The first-order chi connectivity index (χ1) is 11.8. The standard InChI is InChI=1S/C18H13F3N2O2/c1-25-17(24)15-9-13(12-3-2-4-14(22)16(12)23-15)10-5-7-11(8-6-10)18(19,20)21/h2-9H,22H2,1H3. The molecule has 0 atom stereocenters. The zero-order valence-corrected chi connectivity index (χ0v) is 13.1. The number of fused-ring (bicyclic) bond motifs is 1. The Morgan fingerprint density at radius 1 is 1.12 bits per heavy atom. The molecule has 128 valence electrons. The summed E-state index contributed by atoms with van der Waals surface area (Å²) in [6.45, 7) is 0. The molecule has 0 saturated heterocycles. The summed E-state index contributed by atoms with van der Waals surface area (Å²) in [5.74, 6) is -0.654. The third-order valence-electron chi connectivity index (χ3n) is 3.79. The number of aromatic nitrogens is 1. The minimum Gasteiger partial charge on any atom is -0.464 e. The second-order valence-electron chi connectivity index (χ2n) is 5.37. The van der Waals surface area contributed by atoms with Crippen LogP contribution in [0.3, 0.4) is 0 Å². The fourth-order valence-electron chi connectivity index (χ4n) is 2.56. The summed E-state index contributed by atoms with van der Waals surface area (Å²) in [4.78, 5) is 16.1. The highest BCUT2D eigenvalue weighted by Gasteiger charge is 2.30. The number of hydrogen-bond acceptors (Lipinski definition) is 4. The van der Waals surface area contributed by atoms with Crippen molar-refractivity contribution in [2.24, 2.45) is 0 Å². The Hall–Kier alpha value is -3.09. The lowest BCUT2D eigenvalue weighted by Gasteiger charge is -2.12. The summed E-state index contributed by atoms with van der Waals surface area (Å²) in [6, 6.07) is 11.3. The topological polar surface area (TPSA) is 65.2 Å². The van der Waals surface area contributed by atoms with Gasteiger partial charge in [-0.05, 0) is 35.4 Å². The Balaban J connectivity index is 2.24. The summed E-state index contributed by atoms with van der Waals surface area (Å²) in [6.07, 6.45) is -4.42. The molecule has 2 N–H and O–H groups in total. The van der Waals surface area contributed by atoms with Gasteiger partial charge in [0.25, 0.3) is 0 Å². The number of anilines is 1. The number of nitrogen functional groups attached to an aromatic ring is 1. The maximum atomic E-state index is 12.8. The number of halogens is 3. The molecule has 0 saturated carbocycles. The molecule has 1 aromatic heterocycles. The third-order valence-corrected chi connectivity index (χ3v) is 3.79. The Bertz CT molecular complexity index is 951. The molecule has 0 unspecified atom stereocenters. The van der Waals surface area contributed by atoms with Crippen molar-refractivity contribution in [2.75, 3.05) is 12.8 Å². The van der Waals surface area contributed by atoms with Crippen LogP contribution in [0.2, 0.25) is 0 Å². The SMILES string of the molecule is COC(=O)c1cc(-c2ccc(C(F)(F)F)cc2)c2cccc(N)c2n1. The van der Waals surface area contributed by atoms with Crippen molar-refractivity contribution >= 4 is 22.6 Å². The number of carbonyl (C=O) groups is 1. The van der Waals surface area contributed by atoms with E-state index < -0.39 is 17.7 Å². The minimum absolute atomic E-state index is 0.0304. The molecule has 1 heterocycles. The lowest BCUT2D eigenvalue weighted by Crippen LogP contribution is -2.06. The number of nitrogens with two attached hydrogens (primary N) is 1. The zero-order valence-electron chi connectivity index (χ0n) is 13.1. The van der Waals surface area contributed by atoms with E-state index in [2.05, 4.69) is 9.72 Å².